The predicted molar refractivity (Wildman–Crippen MR) is 95.1 cm³/mol. The molecule has 0 fully saturated rings. The van der Waals surface area contributed by atoms with Gasteiger partial charge >= 0.3 is 0 Å². The Kier molecular flexibility index (Phi) is 6.27. The summed E-state index contributed by atoms with van der Waals surface area (Å²) in [5, 5.41) is 0.158. The topological polar surface area (TPSA) is 50.3 Å². The molecule has 4 nitrogen and oxygen atoms in total. The van der Waals surface area contributed by atoms with Crippen LogP contribution in [0.2, 0.25) is 5.15 Å². The van der Waals surface area contributed by atoms with Gasteiger partial charge in [-0.25, -0.2) is 4.98 Å². The number of carbonyl (C=O) groups is 2. The first-order valence-electron chi connectivity index (χ1n) is 7.74. The van der Waals surface area contributed by atoms with E-state index in [1.54, 1.807) is 48.2 Å². The van der Waals surface area contributed by atoms with E-state index in [9.17, 15) is 9.59 Å². The molecule has 1 aromatic heterocycles. The Labute approximate surface area is 146 Å². The van der Waals surface area contributed by atoms with Crippen LogP contribution in [0.5, 0.6) is 0 Å². The van der Waals surface area contributed by atoms with Crippen molar-refractivity contribution >= 4 is 23.3 Å². The highest BCUT2D eigenvalue weighted by Crippen LogP contribution is 2.18. The highest BCUT2D eigenvalue weighted by molar-refractivity contribution is 6.32. The third-order valence-corrected chi connectivity index (χ3v) is 3.81. The second kappa shape index (κ2) is 8.41. The van der Waals surface area contributed by atoms with Crippen LogP contribution in [0.3, 0.4) is 0 Å². The lowest BCUT2D eigenvalue weighted by Gasteiger charge is -2.23. The lowest BCUT2D eigenvalue weighted by atomic mass is 10.1. The maximum Gasteiger partial charge on any atom is 0.261 e. The average Bonchev–Trinajstić information content (AvgIpc) is 2.60. The quantitative estimate of drug-likeness (QED) is 0.445. The molecule has 1 heterocycles. The number of amides is 1. The maximum absolute atomic E-state index is 12.8. The average molecular weight is 343 g/mol. The standard InChI is InChI=1S/C19H19ClN2O2/c1-3-12-22(19(24)16-10-7-11-21-18(16)20)14(2)13-17(23)15-8-5-4-6-9-15/h4-11,13H,3,12H2,1-2H3/b14-13+. The van der Waals surface area contributed by atoms with Gasteiger partial charge in [0.15, 0.2) is 5.78 Å². The van der Waals surface area contributed by atoms with Crippen molar-refractivity contribution in [3.63, 3.8) is 0 Å². The summed E-state index contributed by atoms with van der Waals surface area (Å²) >= 11 is 6.02. The number of rotatable bonds is 6. The van der Waals surface area contributed by atoms with Gasteiger partial charge in [0.25, 0.3) is 5.91 Å². The Morgan fingerprint density at radius 1 is 1.17 bits per heavy atom. The summed E-state index contributed by atoms with van der Waals surface area (Å²) in [4.78, 5) is 30.6. The minimum atomic E-state index is -0.260. The van der Waals surface area contributed by atoms with Crippen LogP contribution < -0.4 is 0 Å². The second-order valence-electron chi connectivity index (χ2n) is 5.31. The molecule has 0 bridgehead atoms. The summed E-state index contributed by atoms with van der Waals surface area (Å²) in [5.41, 5.74) is 1.49. The van der Waals surface area contributed by atoms with Crippen molar-refractivity contribution in [2.24, 2.45) is 0 Å². The van der Waals surface area contributed by atoms with Gasteiger partial charge in [-0.2, -0.15) is 0 Å². The van der Waals surface area contributed by atoms with E-state index in [1.165, 1.54) is 12.3 Å². The Balaban J connectivity index is 2.29. The SMILES string of the molecule is CCCN(C(=O)c1cccnc1Cl)/C(C)=C/C(=O)c1ccccc1. The molecule has 1 amide bonds. The lowest BCUT2D eigenvalue weighted by Crippen LogP contribution is -2.31. The van der Waals surface area contributed by atoms with Gasteiger partial charge in [0.05, 0.1) is 5.56 Å². The lowest BCUT2D eigenvalue weighted by molar-refractivity contribution is 0.0805. The van der Waals surface area contributed by atoms with Gasteiger partial charge in [-0.15, -0.1) is 0 Å². The molecule has 0 atom stereocenters. The van der Waals surface area contributed by atoms with E-state index in [-0.39, 0.29) is 16.8 Å². The number of pyridine rings is 1. The largest absolute Gasteiger partial charge is 0.312 e. The highest BCUT2D eigenvalue weighted by Gasteiger charge is 2.20. The van der Waals surface area contributed by atoms with E-state index in [4.69, 9.17) is 11.6 Å². The van der Waals surface area contributed by atoms with Crippen molar-refractivity contribution in [1.82, 2.24) is 9.88 Å². The fourth-order valence-electron chi connectivity index (χ4n) is 2.31. The van der Waals surface area contributed by atoms with Gasteiger partial charge in [0.2, 0.25) is 0 Å². The molecule has 0 spiro atoms. The molecule has 0 N–H and O–H groups in total. The molecule has 1 aromatic carbocycles. The molecule has 0 aliphatic carbocycles. The van der Waals surface area contributed by atoms with Crippen molar-refractivity contribution in [2.45, 2.75) is 20.3 Å². The first-order chi connectivity index (χ1) is 11.5. The number of hydrogen-bond acceptors (Lipinski definition) is 3. The first kappa shape index (κ1) is 17.9. The minimum absolute atomic E-state index is 0.140. The van der Waals surface area contributed by atoms with E-state index in [1.807, 2.05) is 13.0 Å². The normalized spacial score (nSPS) is 11.2. The Morgan fingerprint density at radius 2 is 1.88 bits per heavy atom. The number of aromatic nitrogens is 1. The summed E-state index contributed by atoms with van der Waals surface area (Å²) < 4.78 is 0. The van der Waals surface area contributed by atoms with Gasteiger partial charge in [-0.05, 0) is 25.5 Å². The molecule has 0 saturated heterocycles. The zero-order valence-corrected chi connectivity index (χ0v) is 14.5. The second-order valence-corrected chi connectivity index (χ2v) is 5.67. The van der Waals surface area contributed by atoms with Gasteiger partial charge in [-0.1, -0.05) is 48.9 Å². The van der Waals surface area contributed by atoms with Crippen LogP contribution in [0.1, 0.15) is 41.0 Å². The number of carbonyl (C=O) groups excluding carboxylic acids is 2. The summed E-state index contributed by atoms with van der Waals surface area (Å²) in [6.45, 7) is 4.21. The molecule has 0 saturated carbocycles. The number of allylic oxidation sites excluding steroid dienone is 2. The molecule has 24 heavy (non-hydrogen) atoms. The number of benzene rings is 1. The van der Waals surface area contributed by atoms with E-state index >= 15 is 0 Å². The molecular weight excluding hydrogens is 324 g/mol. The monoisotopic (exact) mass is 342 g/mol. The fourth-order valence-corrected chi connectivity index (χ4v) is 2.51. The minimum Gasteiger partial charge on any atom is -0.312 e. The molecule has 5 heteroatoms. The third kappa shape index (κ3) is 4.30. The fraction of sp³-hybridized carbons (Fsp3) is 0.211. The van der Waals surface area contributed by atoms with Crippen molar-refractivity contribution in [1.29, 1.82) is 0 Å². The zero-order valence-electron chi connectivity index (χ0n) is 13.7. The number of ketones is 1. The Morgan fingerprint density at radius 3 is 2.50 bits per heavy atom. The van der Waals surface area contributed by atoms with Crippen molar-refractivity contribution in [3.05, 3.63) is 76.7 Å². The van der Waals surface area contributed by atoms with E-state index in [0.29, 0.717) is 23.4 Å². The van der Waals surface area contributed by atoms with E-state index in [0.717, 1.165) is 6.42 Å². The highest BCUT2D eigenvalue weighted by atomic mass is 35.5. The Bertz CT molecular complexity index is 757. The van der Waals surface area contributed by atoms with E-state index < -0.39 is 0 Å². The van der Waals surface area contributed by atoms with Crippen molar-refractivity contribution < 1.29 is 9.59 Å². The molecule has 0 unspecified atom stereocenters. The molecule has 0 radical (unpaired) electrons. The van der Waals surface area contributed by atoms with Crippen LogP contribution in [0, 0.1) is 0 Å². The molecular formula is C19H19ClN2O2. The number of nitrogens with zero attached hydrogens (tertiary/aromatic N) is 2. The summed E-state index contributed by atoms with van der Waals surface area (Å²) in [6, 6.07) is 12.3. The number of hydrogen-bond donors (Lipinski definition) is 0. The van der Waals surface area contributed by atoms with Gasteiger partial charge in [-0.3, -0.25) is 9.59 Å². The molecule has 124 valence electrons. The summed E-state index contributed by atoms with van der Waals surface area (Å²) in [7, 11) is 0. The van der Waals surface area contributed by atoms with E-state index in [2.05, 4.69) is 4.98 Å². The summed E-state index contributed by atoms with van der Waals surface area (Å²) in [5.74, 6) is -0.399. The molecule has 0 aliphatic rings. The van der Waals surface area contributed by atoms with Gasteiger partial charge in [0, 0.05) is 30.1 Å². The zero-order chi connectivity index (χ0) is 17.5. The predicted octanol–water partition coefficient (Wildman–Crippen LogP) is 4.37. The van der Waals surface area contributed by atoms with Crippen LogP contribution in [0.15, 0.2) is 60.4 Å². The van der Waals surface area contributed by atoms with Crippen molar-refractivity contribution in [3.8, 4) is 0 Å². The molecule has 2 aromatic rings. The summed E-state index contributed by atoms with van der Waals surface area (Å²) in [6.07, 6.45) is 3.77. The van der Waals surface area contributed by atoms with Crippen molar-refractivity contribution in [2.75, 3.05) is 6.54 Å². The Hall–Kier alpha value is -2.46. The smallest absolute Gasteiger partial charge is 0.261 e. The van der Waals surface area contributed by atoms with Gasteiger partial charge in [0.1, 0.15) is 5.15 Å². The third-order valence-electron chi connectivity index (χ3n) is 3.51. The molecule has 2 rings (SSSR count). The maximum atomic E-state index is 12.8. The van der Waals surface area contributed by atoms with Crippen LogP contribution in [0.25, 0.3) is 0 Å². The first-order valence-corrected chi connectivity index (χ1v) is 8.12. The number of halogens is 1. The van der Waals surface area contributed by atoms with Crippen LogP contribution in [-0.2, 0) is 0 Å². The van der Waals surface area contributed by atoms with Gasteiger partial charge < -0.3 is 4.90 Å². The molecule has 0 aliphatic heterocycles. The van der Waals surface area contributed by atoms with Crippen LogP contribution >= 0.6 is 11.6 Å². The van der Waals surface area contributed by atoms with Crippen LogP contribution in [-0.4, -0.2) is 28.1 Å². The van der Waals surface area contributed by atoms with Crippen LogP contribution in [0.4, 0.5) is 0 Å².